The van der Waals surface area contributed by atoms with Crippen molar-refractivity contribution in [1.82, 2.24) is 15.0 Å². The van der Waals surface area contributed by atoms with Crippen LogP contribution in [0.3, 0.4) is 0 Å². The molecule has 2 amide bonds. The van der Waals surface area contributed by atoms with E-state index in [0.717, 1.165) is 17.0 Å². The van der Waals surface area contributed by atoms with Crippen molar-refractivity contribution in [3.63, 3.8) is 0 Å². The highest BCUT2D eigenvalue weighted by Crippen LogP contribution is 2.20. The summed E-state index contributed by atoms with van der Waals surface area (Å²) < 4.78 is 11.0. The lowest BCUT2D eigenvalue weighted by Crippen LogP contribution is -2.50. The van der Waals surface area contributed by atoms with Gasteiger partial charge in [0.05, 0.1) is 11.3 Å². The van der Waals surface area contributed by atoms with E-state index in [1.807, 2.05) is 56.3 Å². The molecular formula is C24H25N3O4. The van der Waals surface area contributed by atoms with Crippen molar-refractivity contribution in [2.24, 2.45) is 0 Å². The molecule has 0 atom stereocenters. The smallest absolute Gasteiger partial charge is 0.254 e. The molecular weight excluding hydrogens is 394 g/mol. The van der Waals surface area contributed by atoms with Gasteiger partial charge in [-0.1, -0.05) is 29.4 Å². The standard InChI is InChI=1S/C24H25N3O4/c1-17-22(18(2)31-25-17)16-30-21-10-6-9-20(15-21)24(29)27-13-11-26(12-14-27)23(28)19-7-4-3-5-8-19/h3-10,15H,11-14,16H2,1-2H3. The van der Waals surface area contributed by atoms with Crippen molar-refractivity contribution in [2.75, 3.05) is 26.2 Å². The minimum absolute atomic E-state index is 0.00224. The first-order valence-electron chi connectivity index (χ1n) is 10.3. The van der Waals surface area contributed by atoms with E-state index in [2.05, 4.69) is 5.16 Å². The molecule has 0 aliphatic carbocycles. The van der Waals surface area contributed by atoms with Gasteiger partial charge in [0, 0.05) is 37.3 Å². The zero-order chi connectivity index (χ0) is 21.8. The Morgan fingerprint density at radius 3 is 2.13 bits per heavy atom. The van der Waals surface area contributed by atoms with Gasteiger partial charge in [-0.05, 0) is 44.2 Å². The molecule has 31 heavy (non-hydrogen) atoms. The van der Waals surface area contributed by atoms with Gasteiger partial charge >= 0.3 is 0 Å². The van der Waals surface area contributed by atoms with Crippen molar-refractivity contribution < 1.29 is 18.8 Å². The molecule has 2 heterocycles. The van der Waals surface area contributed by atoms with Crippen molar-refractivity contribution >= 4 is 11.8 Å². The number of ether oxygens (including phenoxy) is 1. The van der Waals surface area contributed by atoms with Crippen LogP contribution in [0.25, 0.3) is 0 Å². The highest BCUT2D eigenvalue weighted by Gasteiger charge is 2.25. The highest BCUT2D eigenvalue weighted by molar-refractivity contribution is 5.96. The lowest BCUT2D eigenvalue weighted by molar-refractivity contribution is 0.0535. The molecule has 0 radical (unpaired) electrons. The van der Waals surface area contributed by atoms with Crippen molar-refractivity contribution in [3.05, 3.63) is 82.7 Å². The van der Waals surface area contributed by atoms with Crippen LogP contribution in [-0.2, 0) is 6.61 Å². The van der Waals surface area contributed by atoms with E-state index in [1.54, 1.807) is 21.9 Å². The van der Waals surface area contributed by atoms with Crippen LogP contribution in [0.1, 0.15) is 37.7 Å². The Bertz CT molecular complexity index is 1050. The third-order valence-corrected chi connectivity index (χ3v) is 5.52. The van der Waals surface area contributed by atoms with E-state index in [-0.39, 0.29) is 11.8 Å². The number of amides is 2. The number of carbonyl (C=O) groups is 2. The van der Waals surface area contributed by atoms with Crippen LogP contribution in [0.5, 0.6) is 5.75 Å². The number of piperazine rings is 1. The molecule has 1 aliphatic heterocycles. The van der Waals surface area contributed by atoms with Gasteiger partial charge in [-0.25, -0.2) is 0 Å². The van der Waals surface area contributed by atoms with Gasteiger partial charge in [-0.3, -0.25) is 9.59 Å². The molecule has 7 nitrogen and oxygen atoms in total. The molecule has 3 aromatic rings. The van der Waals surface area contributed by atoms with E-state index in [0.29, 0.717) is 49.7 Å². The maximum absolute atomic E-state index is 13.0. The fourth-order valence-corrected chi connectivity index (χ4v) is 3.64. The van der Waals surface area contributed by atoms with E-state index < -0.39 is 0 Å². The third-order valence-electron chi connectivity index (χ3n) is 5.52. The van der Waals surface area contributed by atoms with E-state index in [1.165, 1.54) is 0 Å². The SMILES string of the molecule is Cc1noc(C)c1COc1cccc(C(=O)N2CCN(C(=O)c3ccccc3)CC2)c1. The van der Waals surface area contributed by atoms with Crippen LogP contribution in [0.15, 0.2) is 59.1 Å². The van der Waals surface area contributed by atoms with Gasteiger partial charge in [0.2, 0.25) is 0 Å². The lowest BCUT2D eigenvalue weighted by atomic mass is 10.1. The second-order valence-corrected chi connectivity index (χ2v) is 7.57. The fourth-order valence-electron chi connectivity index (χ4n) is 3.64. The summed E-state index contributed by atoms with van der Waals surface area (Å²) in [6.07, 6.45) is 0. The molecule has 0 unspecified atom stereocenters. The molecule has 1 aromatic heterocycles. The Balaban J connectivity index is 1.36. The quantitative estimate of drug-likeness (QED) is 0.633. The number of nitrogens with zero attached hydrogens (tertiary/aromatic N) is 3. The minimum Gasteiger partial charge on any atom is -0.489 e. The topological polar surface area (TPSA) is 75.9 Å². The van der Waals surface area contributed by atoms with Gasteiger partial charge in [0.1, 0.15) is 18.1 Å². The normalized spacial score (nSPS) is 13.9. The highest BCUT2D eigenvalue weighted by atomic mass is 16.5. The van der Waals surface area contributed by atoms with Crippen LogP contribution in [-0.4, -0.2) is 52.9 Å². The zero-order valence-electron chi connectivity index (χ0n) is 17.7. The van der Waals surface area contributed by atoms with Gasteiger partial charge in [-0.2, -0.15) is 0 Å². The Morgan fingerprint density at radius 2 is 1.52 bits per heavy atom. The average Bonchev–Trinajstić information content (AvgIpc) is 3.14. The fraction of sp³-hybridized carbons (Fsp3) is 0.292. The van der Waals surface area contributed by atoms with Crippen LogP contribution in [0.4, 0.5) is 0 Å². The van der Waals surface area contributed by atoms with Gasteiger partial charge in [0.25, 0.3) is 11.8 Å². The zero-order valence-corrected chi connectivity index (χ0v) is 17.7. The predicted molar refractivity (Wildman–Crippen MR) is 115 cm³/mol. The van der Waals surface area contributed by atoms with Crippen LogP contribution >= 0.6 is 0 Å². The summed E-state index contributed by atoms with van der Waals surface area (Å²) in [5.41, 5.74) is 2.95. The van der Waals surface area contributed by atoms with Crippen LogP contribution < -0.4 is 4.74 Å². The van der Waals surface area contributed by atoms with Crippen molar-refractivity contribution in [1.29, 1.82) is 0 Å². The molecule has 7 heteroatoms. The number of hydrogen-bond donors (Lipinski definition) is 0. The summed E-state index contributed by atoms with van der Waals surface area (Å²) in [7, 11) is 0. The Morgan fingerprint density at radius 1 is 0.903 bits per heavy atom. The van der Waals surface area contributed by atoms with E-state index in [9.17, 15) is 9.59 Å². The molecule has 1 aliphatic rings. The molecule has 1 fully saturated rings. The largest absolute Gasteiger partial charge is 0.489 e. The summed E-state index contributed by atoms with van der Waals surface area (Å²) >= 11 is 0. The number of aryl methyl sites for hydroxylation is 2. The minimum atomic E-state index is -0.0606. The Hall–Kier alpha value is -3.61. The predicted octanol–water partition coefficient (Wildman–Crippen LogP) is 3.47. The van der Waals surface area contributed by atoms with Crippen LogP contribution in [0, 0.1) is 13.8 Å². The van der Waals surface area contributed by atoms with Crippen LogP contribution in [0.2, 0.25) is 0 Å². The Kier molecular flexibility index (Phi) is 6.02. The van der Waals surface area contributed by atoms with Gasteiger partial charge < -0.3 is 19.1 Å². The first-order valence-corrected chi connectivity index (χ1v) is 10.3. The van der Waals surface area contributed by atoms with E-state index >= 15 is 0 Å². The third kappa shape index (κ3) is 4.60. The molecule has 0 bridgehead atoms. The lowest BCUT2D eigenvalue weighted by Gasteiger charge is -2.35. The van der Waals surface area contributed by atoms with Crippen molar-refractivity contribution in [3.8, 4) is 5.75 Å². The number of rotatable bonds is 5. The molecule has 1 saturated heterocycles. The maximum Gasteiger partial charge on any atom is 0.254 e. The van der Waals surface area contributed by atoms with Crippen molar-refractivity contribution in [2.45, 2.75) is 20.5 Å². The first-order chi connectivity index (χ1) is 15.0. The second kappa shape index (κ2) is 9.04. The maximum atomic E-state index is 13.0. The molecule has 0 N–H and O–H groups in total. The first kappa shape index (κ1) is 20.7. The molecule has 0 spiro atoms. The number of aromatic nitrogens is 1. The molecule has 0 saturated carbocycles. The molecule has 4 rings (SSSR count). The average molecular weight is 419 g/mol. The summed E-state index contributed by atoms with van der Waals surface area (Å²) in [5, 5.41) is 3.93. The van der Waals surface area contributed by atoms with Gasteiger partial charge in [0.15, 0.2) is 0 Å². The van der Waals surface area contributed by atoms with E-state index in [4.69, 9.17) is 9.26 Å². The summed E-state index contributed by atoms with van der Waals surface area (Å²) in [4.78, 5) is 29.2. The monoisotopic (exact) mass is 419 g/mol. The summed E-state index contributed by atoms with van der Waals surface area (Å²) in [6.45, 7) is 6.09. The summed E-state index contributed by atoms with van der Waals surface area (Å²) in [6, 6.07) is 16.4. The summed E-state index contributed by atoms with van der Waals surface area (Å²) in [5.74, 6) is 1.29. The number of hydrogen-bond acceptors (Lipinski definition) is 5. The Labute approximate surface area is 181 Å². The molecule has 160 valence electrons. The van der Waals surface area contributed by atoms with Gasteiger partial charge in [-0.15, -0.1) is 0 Å². The number of carbonyl (C=O) groups excluding carboxylic acids is 2. The second-order valence-electron chi connectivity index (χ2n) is 7.57. The number of benzene rings is 2. The molecule has 2 aromatic carbocycles.